The molecule has 0 radical (unpaired) electrons. The number of anilines is 1. The van der Waals surface area contributed by atoms with Crippen LogP contribution in [0.4, 0.5) is 27.6 Å². The van der Waals surface area contributed by atoms with Crippen LogP contribution in [0.5, 0.6) is 5.75 Å². The van der Waals surface area contributed by atoms with Crippen LogP contribution >= 0.6 is 23.2 Å². The SMILES string of the molecule is Cc1nn(Cc2ccc(Cl)cc2Cl)c(C)c1NC(=O)c1ccc(COc2c(F)c(F)c(F)c(F)c2F)o1. The molecule has 0 saturated heterocycles. The Morgan fingerprint density at radius 2 is 1.65 bits per heavy atom. The van der Waals surface area contributed by atoms with E-state index in [0.717, 1.165) is 5.56 Å². The lowest BCUT2D eigenvalue weighted by Crippen LogP contribution is -2.12. The number of furan rings is 1. The van der Waals surface area contributed by atoms with E-state index in [9.17, 15) is 26.7 Å². The summed E-state index contributed by atoms with van der Waals surface area (Å²) in [5.41, 5.74) is 2.32. The Bertz CT molecular complexity index is 1490. The molecule has 2 aromatic carbocycles. The summed E-state index contributed by atoms with van der Waals surface area (Å²) in [5.74, 6) is -13.2. The van der Waals surface area contributed by atoms with E-state index < -0.39 is 47.3 Å². The molecule has 1 amide bonds. The number of carbonyl (C=O) groups is 1. The molecule has 1 N–H and O–H groups in total. The first-order valence-electron chi connectivity index (χ1n) is 10.5. The summed E-state index contributed by atoms with van der Waals surface area (Å²) in [6, 6.07) is 7.58. The number of hydrogen-bond acceptors (Lipinski definition) is 4. The predicted octanol–water partition coefficient (Wildman–Crippen LogP) is 6.97. The van der Waals surface area contributed by atoms with Gasteiger partial charge in [-0.15, -0.1) is 0 Å². The fourth-order valence-electron chi connectivity index (χ4n) is 3.45. The van der Waals surface area contributed by atoms with Crippen LogP contribution in [-0.4, -0.2) is 15.7 Å². The monoisotopic (exact) mass is 559 g/mol. The van der Waals surface area contributed by atoms with Crippen molar-refractivity contribution in [3.8, 4) is 5.75 Å². The van der Waals surface area contributed by atoms with Crippen molar-refractivity contribution in [3.63, 3.8) is 0 Å². The minimum Gasteiger partial charge on any atom is -0.479 e. The number of halogens is 7. The van der Waals surface area contributed by atoms with Gasteiger partial charge in [0.15, 0.2) is 11.5 Å². The molecule has 6 nitrogen and oxygen atoms in total. The highest BCUT2D eigenvalue weighted by atomic mass is 35.5. The van der Waals surface area contributed by atoms with Crippen molar-refractivity contribution in [2.24, 2.45) is 0 Å². The van der Waals surface area contributed by atoms with E-state index in [2.05, 4.69) is 10.4 Å². The molecule has 0 aliphatic heterocycles. The molecular weight excluding hydrogens is 544 g/mol. The van der Waals surface area contributed by atoms with Crippen molar-refractivity contribution in [2.45, 2.75) is 27.0 Å². The van der Waals surface area contributed by atoms with Crippen LogP contribution in [0.2, 0.25) is 10.0 Å². The summed E-state index contributed by atoms with van der Waals surface area (Å²) in [6.45, 7) is 3.04. The molecule has 0 saturated carbocycles. The van der Waals surface area contributed by atoms with Gasteiger partial charge in [0, 0.05) is 10.0 Å². The van der Waals surface area contributed by atoms with Crippen LogP contribution in [0, 0.1) is 42.9 Å². The molecule has 0 aliphatic rings. The van der Waals surface area contributed by atoms with Gasteiger partial charge in [0.2, 0.25) is 29.1 Å². The quantitative estimate of drug-likeness (QED) is 0.151. The van der Waals surface area contributed by atoms with E-state index in [0.29, 0.717) is 33.7 Å². The molecule has 0 atom stereocenters. The van der Waals surface area contributed by atoms with E-state index >= 15 is 0 Å². The lowest BCUT2D eigenvalue weighted by molar-refractivity contribution is 0.0992. The van der Waals surface area contributed by atoms with Crippen LogP contribution in [-0.2, 0) is 13.2 Å². The van der Waals surface area contributed by atoms with Crippen molar-refractivity contribution >= 4 is 34.8 Å². The number of nitrogens with one attached hydrogen (secondary N) is 1. The van der Waals surface area contributed by atoms with Gasteiger partial charge < -0.3 is 14.5 Å². The number of amides is 1. The summed E-state index contributed by atoms with van der Waals surface area (Å²) >= 11 is 12.2. The highest BCUT2D eigenvalue weighted by Gasteiger charge is 2.27. The molecule has 0 fully saturated rings. The first-order chi connectivity index (χ1) is 17.5. The second-order valence-corrected chi connectivity index (χ2v) is 8.69. The summed E-state index contributed by atoms with van der Waals surface area (Å²) in [4.78, 5) is 12.7. The molecule has 2 heterocycles. The Labute approximate surface area is 216 Å². The normalized spacial score (nSPS) is 11.2. The molecule has 0 spiro atoms. The zero-order chi connectivity index (χ0) is 27.0. The number of rotatable bonds is 7. The van der Waals surface area contributed by atoms with E-state index in [-0.39, 0.29) is 11.5 Å². The fourth-order valence-corrected chi connectivity index (χ4v) is 3.92. The second kappa shape index (κ2) is 10.4. The lowest BCUT2D eigenvalue weighted by atomic mass is 10.2. The molecule has 0 unspecified atom stereocenters. The average Bonchev–Trinajstić information content (AvgIpc) is 3.43. The zero-order valence-corrected chi connectivity index (χ0v) is 20.6. The lowest BCUT2D eigenvalue weighted by Gasteiger charge is -2.09. The largest absolute Gasteiger partial charge is 0.479 e. The molecule has 2 aromatic heterocycles. The van der Waals surface area contributed by atoms with Crippen LogP contribution in [0.15, 0.2) is 34.7 Å². The van der Waals surface area contributed by atoms with Gasteiger partial charge in [-0.2, -0.15) is 13.9 Å². The van der Waals surface area contributed by atoms with Gasteiger partial charge in [-0.1, -0.05) is 29.3 Å². The Balaban J connectivity index is 1.46. The van der Waals surface area contributed by atoms with Crippen LogP contribution in [0.25, 0.3) is 0 Å². The summed E-state index contributed by atoms with van der Waals surface area (Å²) < 4.78 is 79.1. The number of hydrogen-bond donors (Lipinski definition) is 1. The smallest absolute Gasteiger partial charge is 0.291 e. The molecular formula is C24H16Cl2F5N3O3. The maximum atomic E-state index is 13.8. The molecule has 4 aromatic rings. The van der Waals surface area contributed by atoms with Crippen LogP contribution in [0.1, 0.15) is 33.3 Å². The van der Waals surface area contributed by atoms with Crippen molar-refractivity contribution < 1.29 is 35.9 Å². The zero-order valence-electron chi connectivity index (χ0n) is 19.1. The first-order valence-corrected chi connectivity index (χ1v) is 11.3. The standard InChI is InChI=1S/C24H16Cl2F5N3O3/c1-10-22(11(2)34(33-10)8-12-3-4-13(25)7-15(12)26)32-24(35)16-6-5-14(37-16)9-36-23-20(30)18(28)17(27)19(29)21(23)31/h3-7H,8-9H2,1-2H3,(H,32,35). The Morgan fingerprint density at radius 1 is 1.00 bits per heavy atom. The first kappa shape index (κ1) is 26.5. The fraction of sp³-hybridized carbons (Fsp3) is 0.167. The number of carbonyl (C=O) groups excluding carboxylic acids is 1. The number of nitrogens with zero attached hydrogens (tertiary/aromatic N) is 2. The van der Waals surface area contributed by atoms with Gasteiger partial charge in [0.05, 0.1) is 23.6 Å². The van der Waals surface area contributed by atoms with Crippen LogP contribution < -0.4 is 10.1 Å². The number of aryl methyl sites for hydroxylation is 1. The third kappa shape index (κ3) is 5.28. The Hall–Kier alpha value is -3.57. The van der Waals surface area contributed by atoms with Gasteiger partial charge in [0.1, 0.15) is 12.4 Å². The number of benzene rings is 2. The number of ether oxygens (including phenoxy) is 1. The van der Waals surface area contributed by atoms with Crippen molar-refractivity contribution in [1.29, 1.82) is 0 Å². The Kier molecular flexibility index (Phi) is 7.47. The molecule has 194 valence electrons. The summed E-state index contributed by atoms with van der Waals surface area (Å²) in [7, 11) is 0. The maximum absolute atomic E-state index is 13.8. The number of aromatic nitrogens is 2. The highest BCUT2D eigenvalue weighted by molar-refractivity contribution is 6.35. The van der Waals surface area contributed by atoms with E-state index in [4.69, 9.17) is 32.4 Å². The van der Waals surface area contributed by atoms with Gasteiger partial charge in [-0.25, -0.2) is 13.2 Å². The van der Waals surface area contributed by atoms with Crippen LogP contribution in [0.3, 0.4) is 0 Å². The average molecular weight is 560 g/mol. The van der Waals surface area contributed by atoms with Gasteiger partial charge in [-0.3, -0.25) is 9.48 Å². The molecule has 37 heavy (non-hydrogen) atoms. The summed E-state index contributed by atoms with van der Waals surface area (Å²) in [6.07, 6.45) is 0. The third-order valence-electron chi connectivity index (χ3n) is 5.37. The predicted molar refractivity (Wildman–Crippen MR) is 124 cm³/mol. The minimum absolute atomic E-state index is 0.101. The van der Waals surface area contributed by atoms with Gasteiger partial charge in [-0.05, 0) is 43.7 Å². The minimum atomic E-state index is -2.30. The third-order valence-corrected chi connectivity index (χ3v) is 5.96. The Morgan fingerprint density at radius 3 is 2.30 bits per heavy atom. The molecule has 13 heteroatoms. The topological polar surface area (TPSA) is 69.3 Å². The van der Waals surface area contributed by atoms with Gasteiger partial charge >= 0.3 is 0 Å². The summed E-state index contributed by atoms with van der Waals surface area (Å²) in [5, 5.41) is 8.05. The maximum Gasteiger partial charge on any atom is 0.291 e. The van der Waals surface area contributed by atoms with E-state index in [1.54, 1.807) is 36.7 Å². The molecule has 0 aliphatic carbocycles. The van der Waals surface area contributed by atoms with Gasteiger partial charge in [0.25, 0.3) is 5.91 Å². The molecule has 0 bridgehead atoms. The molecule has 4 rings (SSSR count). The van der Waals surface area contributed by atoms with Crippen molar-refractivity contribution in [1.82, 2.24) is 9.78 Å². The van der Waals surface area contributed by atoms with Crippen molar-refractivity contribution in [3.05, 3.63) is 97.9 Å². The van der Waals surface area contributed by atoms with E-state index in [1.165, 1.54) is 12.1 Å². The highest BCUT2D eigenvalue weighted by Crippen LogP contribution is 2.30. The van der Waals surface area contributed by atoms with E-state index in [1.807, 2.05) is 0 Å². The second-order valence-electron chi connectivity index (χ2n) is 7.85. The van der Waals surface area contributed by atoms with Crippen molar-refractivity contribution in [2.75, 3.05) is 5.32 Å².